The van der Waals surface area contributed by atoms with E-state index in [-0.39, 0.29) is 59.7 Å². The molecule has 2 aliphatic heterocycles. The van der Waals surface area contributed by atoms with Crippen LogP contribution in [-0.2, 0) is 24.0 Å². The molecule has 0 aliphatic carbocycles. The van der Waals surface area contributed by atoms with Crippen molar-refractivity contribution >= 4 is 41.9 Å². The monoisotopic (exact) mass is 642 g/mol. The van der Waals surface area contributed by atoms with E-state index in [4.69, 9.17) is 0 Å². The molecule has 11 nitrogen and oxygen atoms in total. The molecule has 254 valence electrons. The Balaban J connectivity index is 0.00000968. The zero-order valence-corrected chi connectivity index (χ0v) is 29.9. The molecule has 44 heavy (non-hydrogen) atoms. The van der Waals surface area contributed by atoms with Crippen LogP contribution in [0.4, 0.5) is 0 Å². The number of carbonyl (C=O) groups is 5. The average Bonchev–Trinajstić information content (AvgIpc) is 3.55. The molecule has 0 aromatic rings. The van der Waals surface area contributed by atoms with Gasteiger partial charge >= 0.3 is 0 Å². The summed E-state index contributed by atoms with van der Waals surface area (Å²) in [5.41, 5.74) is -0.416. The number of halogens is 1. The van der Waals surface area contributed by atoms with E-state index in [0.717, 1.165) is 6.42 Å². The first-order chi connectivity index (χ1) is 19.8. The Morgan fingerprint density at radius 1 is 0.750 bits per heavy atom. The maximum Gasteiger partial charge on any atom is 0.246 e. The van der Waals surface area contributed by atoms with Crippen molar-refractivity contribution in [3.8, 4) is 0 Å². The summed E-state index contributed by atoms with van der Waals surface area (Å²) in [6, 6.07) is -3.25. The Morgan fingerprint density at radius 2 is 1.25 bits per heavy atom. The molecule has 2 rings (SSSR count). The SMILES string of the molecule is CC(C)C(C(=O)N[C@H](C(=O)N(C)C(C(=O)N1CCC[C@H]1C(=O)N1CCC[C@H]1C(=O)NC(C)(C)C)C(C)C)C(C)C)N(C)C.Cl. The molecule has 5 amide bonds. The van der Waals surface area contributed by atoms with Gasteiger partial charge in [-0.1, -0.05) is 41.5 Å². The van der Waals surface area contributed by atoms with Gasteiger partial charge in [-0.05, 0) is 78.3 Å². The minimum absolute atomic E-state index is 0. The van der Waals surface area contributed by atoms with Gasteiger partial charge in [0.05, 0.1) is 6.04 Å². The number of hydrogen-bond acceptors (Lipinski definition) is 6. The zero-order chi connectivity index (χ0) is 33.0. The number of nitrogens with zero attached hydrogens (tertiary/aromatic N) is 4. The van der Waals surface area contributed by atoms with Gasteiger partial charge in [-0.15, -0.1) is 12.4 Å². The van der Waals surface area contributed by atoms with Gasteiger partial charge in [0.1, 0.15) is 24.2 Å². The van der Waals surface area contributed by atoms with Gasteiger partial charge < -0.3 is 25.3 Å². The fraction of sp³-hybridized carbons (Fsp3) is 0.844. The summed E-state index contributed by atoms with van der Waals surface area (Å²) >= 11 is 0. The first kappa shape index (κ1) is 39.6. The van der Waals surface area contributed by atoms with Crippen molar-refractivity contribution in [2.45, 2.75) is 124 Å². The fourth-order valence-electron chi connectivity index (χ4n) is 6.54. The van der Waals surface area contributed by atoms with Crippen LogP contribution in [0.2, 0.25) is 0 Å². The molecule has 0 saturated carbocycles. The maximum atomic E-state index is 14.2. The summed E-state index contributed by atoms with van der Waals surface area (Å²) in [4.78, 5) is 74.7. The molecule has 0 radical (unpaired) electrons. The molecular weight excluding hydrogens is 584 g/mol. The summed E-state index contributed by atoms with van der Waals surface area (Å²) in [6.45, 7) is 18.1. The quantitative estimate of drug-likeness (QED) is 0.357. The maximum absolute atomic E-state index is 14.2. The molecule has 2 unspecified atom stereocenters. The standard InChI is InChI=1S/C32H58N6O5.ClH/c1-19(2)24(33-28(40)25(20(3)4)35(10)11)30(42)36(12)26(21(5)6)31(43)38-18-14-16-23(38)29(41)37-17-13-15-22(37)27(39)34-32(7,8)9;/h19-26H,13-18H2,1-12H3,(H,33,40)(H,34,39);1H/t22-,23-,24-,25?,26?;/m0./s1. The van der Waals surface area contributed by atoms with Crippen LogP contribution >= 0.6 is 12.4 Å². The van der Waals surface area contributed by atoms with Crippen molar-refractivity contribution < 1.29 is 24.0 Å². The van der Waals surface area contributed by atoms with Crippen molar-refractivity contribution in [3.05, 3.63) is 0 Å². The van der Waals surface area contributed by atoms with Gasteiger partial charge in [0.25, 0.3) is 0 Å². The minimum atomic E-state index is -0.813. The van der Waals surface area contributed by atoms with Gasteiger partial charge in [-0.3, -0.25) is 28.9 Å². The molecule has 2 aliphatic rings. The summed E-state index contributed by atoms with van der Waals surface area (Å²) in [6.07, 6.45) is 2.51. The van der Waals surface area contributed by atoms with Crippen molar-refractivity contribution in [3.63, 3.8) is 0 Å². The molecule has 0 aromatic heterocycles. The Labute approximate surface area is 271 Å². The van der Waals surface area contributed by atoms with E-state index in [2.05, 4.69) is 10.6 Å². The summed E-state index contributed by atoms with van der Waals surface area (Å²) in [5.74, 6) is -1.61. The third-order valence-electron chi connectivity index (χ3n) is 8.49. The molecule has 2 fully saturated rings. The molecule has 12 heteroatoms. The van der Waals surface area contributed by atoms with Crippen LogP contribution in [0.15, 0.2) is 0 Å². The average molecular weight is 643 g/mol. The molecule has 0 aromatic carbocycles. The Kier molecular flexibility index (Phi) is 14.6. The zero-order valence-electron chi connectivity index (χ0n) is 29.1. The van der Waals surface area contributed by atoms with E-state index in [9.17, 15) is 24.0 Å². The molecule has 2 saturated heterocycles. The van der Waals surface area contributed by atoms with Crippen LogP contribution in [0.1, 0.15) is 88.0 Å². The van der Waals surface area contributed by atoms with Gasteiger partial charge in [-0.25, -0.2) is 0 Å². The topological polar surface area (TPSA) is 122 Å². The van der Waals surface area contributed by atoms with Crippen molar-refractivity contribution in [2.24, 2.45) is 17.8 Å². The van der Waals surface area contributed by atoms with Crippen molar-refractivity contribution in [2.75, 3.05) is 34.2 Å². The highest BCUT2D eigenvalue weighted by Crippen LogP contribution is 2.28. The largest absolute Gasteiger partial charge is 0.350 e. The van der Waals surface area contributed by atoms with E-state index in [1.807, 2.05) is 81.3 Å². The second-order valence-corrected chi connectivity index (χ2v) is 14.6. The predicted molar refractivity (Wildman–Crippen MR) is 175 cm³/mol. The van der Waals surface area contributed by atoms with E-state index in [1.165, 1.54) is 4.90 Å². The number of amides is 5. The van der Waals surface area contributed by atoms with Crippen LogP contribution in [0.25, 0.3) is 0 Å². The Bertz CT molecular complexity index is 1020. The summed E-state index contributed by atoms with van der Waals surface area (Å²) in [5, 5.41) is 5.96. The lowest BCUT2D eigenvalue weighted by atomic mass is 9.96. The third kappa shape index (κ3) is 9.55. The van der Waals surface area contributed by atoms with Crippen LogP contribution in [0, 0.1) is 17.8 Å². The minimum Gasteiger partial charge on any atom is -0.350 e. The van der Waals surface area contributed by atoms with Crippen LogP contribution in [0.3, 0.4) is 0 Å². The van der Waals surface area contributed by atoms with Crippen molar-refractivity contribution in [1.82, 2.24) is 30.2 Å². The normalized spacial score (nSPS) is 20.9. The number of carbonyl (C=O) groups excluding carboxylic acids is 5. The number of hydrogen-bond donors (Lipinski definition) is 2. The number of likely N-dealkylation sites (tertiary alicyclic amines) is 2. The van der Waals surface area contributed by atoms with E-state index in [1.54, 1.807) is 16.8 Å². The van der Waals surface area contributed by atoms with Gasteiger partial charge in [0, 0.05) is 25.7 Å². The predicted octanol–water partition coefficient (Wildman–Crippen LogP) is 2.51. The number of likely N-dealkylation sites (N-methyl/N-ethyl adjacent to an activating group) is 2. The van der Waals surface area contributed by atoms with Crippen LogP contribution < -0.4 is 10.6 Å². The van der Waals surface area contributed by atoms with Crippen LogP contribution in [-0.4, -0.2) is 119 Å². The van der Waals surface area contributed by atoms with E-state index < -0.39 is 35.7 Å². The lowest BCUT2D eigenvalue weighted by molar-refractivity contribution is -0.153. The van der Waals surface area contributed by atoms with E-state index in [0.29, 0.717) is 32.4 Å². The summed E-state index contributed by atoms with van der Waals surface area (Å²) in [7, 11) is 5.29. The van der Waals surface area contributed by atoms with E-state index >= 15 is 0 Å². The second-order valence-electron chi connectivity index (χ2n) is 14.6. The van der Waals surface area contributed by atoms with Gasteiger partial charge in [-0.2, -0.15) is 0 Å². The highest BCUT2D eigenvalue weighted by molar-refractivity contribution is 5.96. The Hall–Kier alpha value is -2.40. The smallest absolute Gasteiger partial charge is 0.246 e. The molecule has 5 atom stereocenters. The van der Waals surface area contributed by atoms with Crippen molar-refractivity contribution in [1.29, 1.82) is 0 Å². The number of rotatable bonds is 11. The second kappa shape index (κ2) is 16.2. The highest BCUT2D eigenvalue weighted by atomic mass is 35.5. The lowest BCUT2D eigenvalue weighted by Crippen LogP contribution is -2.61. The van der Waals surface area contributed by atoms with Gasteiger partial charge in [0.15, 0.2) is 0 Å². The fourth-order valence-corrected chi connectivity index (χ4v) is 6.54. The number of nitrogens with one attached hydrogen (secondary N) is 2. The third-order valence-corrected chi connectivity index (χ3v) is 8.49. The summed E-state index contributed by atoms with van der Waals surface area (Å²) < 4.78 is 0. The van der Waals surface area contributed by atoms with Crippen LogP contribution in [0.5, 0.6) is 0 Å². The first-order valence-corrected chi connectivity index (χ1v) is 16.0. The molecule has 0 bridgehead atoms. The first-order valence-electron chi connectivity index (χ1n) is 16.0. The molecule has 2 N–H and O–H groups in total. The lowest BCUT2D eigenvalue weighted by Gasteiger charge is -2.39. The Morgan fingerprint density at radius 3 is 1.70 bits per heavy atom. The van der Waals surface area contributed by atoms with Gasteiger partial charge in [0.2, 0.25) is 29.5 Å². The molecule has 0 spiro atoms. The molecule has 2 heterocycles. The molecular formula is C32H59ClN6O5. The highest BCUT2D eigenvalue weighted by Gasteiger charge is 2.46.